The van der Waals surface area contributed by atoms with Gasteiger partial charge in [-0.15, -0.1) is 0 Å². The lowest BCUT2D eigenvalue weighted by atomic mass is 10.1. The minimum atomic E-state index is -4.53. The van der Waals surface area contributed by atoms with Crippen LogP contribution in [0.2, 0.25) is 0 Å². The molecule has 0 amide bonds. The van der Waals surface area contributed by atoms with E-state index in [4.69, 9.17) is 4.55 Å². The Balaban J connectivity index is 1.76. The molecule has 9 nitrogen and oxygen atoms in total. The van der Waals surface area contributed by atoms with E-state index >= 15 is 0 Å². The van der Waals surface area contributed by atoms with Crippen LogP contribution >= 0.6 is 0 Å². The molecule has 30 heavy (non-hydrogen) atoms. The summed E-state index contributed by atoms with van der Waals surface area (Å²) in [4.78, 5) is 11.9. The van der Waals surface area contributed by atoms with Gasteiger partial charge < -0.3 is 15.0 Å². The summed E-state index contributed by atoms with van der Waals surface area (Å²) in [6, 6.07) is 14.7. The van der Waals surface area contributed by atoms with Crippen LogP contribution in [0.4, 0.5) is 11.4 Å². The number of rotatable bonds is 8. The summed E-state index contributed by atoms with van der Waals surface area (Å²) in [6.07, 6.45) is 0. The fraction of sp³-hybridized carbons (Fsp3) is 0.105. The van der Waals surface area contributed by atoms with Crippen molar-refractivity contribution in [3.63, 3.8) is 0 Å². The zero-order valence-corrected chi connectivity index (χ0v) is 17.0. The van der Waals surface area contributed by atoms with Crippen molar-refractivity contribution >= 4 is 49.3 Å². The first kappa shape index (κ1) is 21.7. The van der Waals surface area contributed by atoms with Crippen molar-refractivity contribution < 1.29 is 31.6 Å². The highest BCUT2D eigenvalue weighted by Crippen LogP contribution is 2.29. The Morgan fingerprint density at radius 2 is 1.73 bits per heavy atom. The maximum atomic E-state index is 12.4. The zero-order valence-electron chi connectivity index (χ0n) is 15.4. The number of Topliss-reactive ketones (excluding diaryl/α,β-unsaturated/α-hetero) is 1. The molecule has 0 heterocycles. The first-order valence-corrected chi connectivity index (χ1v) is 11.0. The van der Waals surface area contributed by atoms with Crippen LogP contribution in [0.15, 0.2) is 65.6 Å². The standard InChI is InChI=1S/C19H18N2O7S2/c22-14(11-20-18-8-2-7-17-16(18)6-3-9-19(17)23)12-21(29(24)25)13-4-1-5-15(10-13)30(26,27)28/h1-10,20,23H,11-12H2,(H,24,25)(H,26,27,28)/p-1. The minimum Gasteiger partial charge on any atom is -0.755 e. The summed E-state index contributed by atoms with van der Waals surface area (Å²) in [5, 5.41) is 14.1. The second kappa shape index (κ2) is 8.79. The van der Waals surface area contributed by atoms with Gasteiger partial charge in [-0.2, -0.15) is 8.42 Å². The van der Waals surface area contributed by atoms with E-state index < -0.39 is 38.6 Å². The van der Waals surface area contributed by atoms with Gasteiger partial charge in [0.05, 0.1) is 23.7 Å². The van der Waals surface area contributed by atoms with E-state index in [1.54, 1.807) is 36.4 Å². The topological polar surface area (TPSA) is 147 Å². The van der Waals surface area contributed by atoms with E-state index in [9.17, 15) is 27.1 Å². The number of carbonyl (C=O) groups is 1. The molecule has 0 fully saturated rings. The van der Waals surface area contributed by atoms with Crippen molar-refractivity contribution in [2.24, 2.45) is 0 Å². The van der Waals surface area contributed by atoms with Crippen molar-refractivity contribution in [2.45, 2.75) is 4.90 Å². The highest BCUT2D eigenvalue weighted by molar-refractivity contribution is 7.85. The predicted molar refractivity (Wildman–Crippen MR) is 112 cm³/mol. The molecule has 0 aliphatic rings. The molecule has 1 unspecified atom stereocenters. The van der Waals surface area contributed by atoms with Crippen LogP contribution in [0, 0.1) is 0 Å². The summed E-state index contributed by atoms with van der Waals surface area (Å²) < 4.78 is 55.6. The Morgan fingerprint density at radius 3 is 2.43 bits per heavy atom. The Hall–Kier alpha value is -2.99. The average Bonchev–Trinajstić information content (AvgIpc) is 2.70. The number of hydrogen-bond acceptors (Lipinski definition) is 7. The lowest BCUT2D eigenvalue weighted by molar-refractivity contribution is -0.116. The number of hydrogen-bond donors (Lipinski definition) is 3. The summed E-state index contributed by atoms with van der Waals surface area (Å²) in [6.45, 7) is -0.755. The lowest BCUT2D eigenvalue weighted by Crippen LogP contribution is -2.34. The molecule has 0 saturated heterocycles. The van der Waals surface area contributed by atoms with Gasteiger partial charge in [-0.05, 0) is 30.3 Å². The molecular formula is C19H17N2O7S2-. The second-order valence-electron chi connectivity index (χ2n) is 6.30. The molecule has 1 atom stereocenters. The number of fused-ring (bicyclic) bond motifs is 1. The van der Waals surface area contributed by atoms with E-state index in [-0.39, 0.29) is 18.0 Å². The Bertz CT molecular complexity index is 1230. The van der Waals surface area contributed by atoms with Crippen molar-refractivity contribution in [1.29, 1.82) is 0 Å². The van der Waals surface area contributed by atoms with Gasteiger partial charge in [-0.25, -0.2) is 0 Å². The van der Waals surface area contributed by atoms with Gasteiger partial charge in [-0.3, -0.25) is 17.9 Å². The van der Waals surface area contributed by atoms with E-state index in [0.29, 0.717) is 20.8 Å². The summed E-state index contributed by atoms with van der Waals surface area (Å²) >= 11 is -2.86. The number of nitrogens with one attached hydrogen (secondary N) is 1. The quantitative estimate of drug-likeness (QED) is 0.350. The van der Waals surface area contributed by atoms with Crippen LogP contribution in [0.5, 0.6) is 5.75 Å². The molecule has 158 valence electrons. The highest BCUT2D eigenvalue weighted by Gasteiger charge is 2.16. The van der Waals surface area contributed by atoms with Crippen molar-refractivity contribution in [2.75, 3.05) is 22.7 Å². The average molecular weight is 449 g/mol. The van der Waals surface area contributed by atoms with Crippen LogP contribution in [0.1, 0.15) is 0 Å². The largest absolute Gasteiger partial charge is 0.755 e. The van der Waals surface area contributed by atoms with Crippen LogP contribution in [0.3, 0.4) is 0 Å². The Morgan fingerprint density at radius 1 is 1.07 bits per heavy atom. The third-order valence-electron chi connectivity index (χ3n) is 4.28. The molecule has 0 aliphatic heterocycles. The minimum absolute atomic E-state index is 0.0816. The molecule has 0 spiro atoms. The molecule has 11 heteroatoms. The predicted octanol–water partition coefficient (Wildman–Crippen LogP) is 2.07. The monoisotopic (exact) mass is 449 g/mol. The molecule has 3 aromatic rings. The van der Waals surface area contributed by atoms with E-state index in [0.717, 1.165) is 12.1 Å². The number of anilines is 2. The first-order valence-electron chi connectivity index (χ1n) is 8.57. The Kier molecular flexibility index (Phi) is 6.37. The number of aromatic hydroxyl groups is 1. The summed E-state index contributed by atoms with van der Waals surface area (Å²) in [5.41, 5.74) is 0.502. The first-order chi connectivity index (χ1) is 14.2. The van der Waals surface area contributed by atoms with Crippen molar-refractivity contribution in [3.05, 3.63) is 60.7 Å². The Labute approximate surface area is 175 Å². The molecular weight excluding hydrogens is 432 g/mol. The smallest absolute Gasteiger partial charge is 0.294 e. The van der Waals surface area contributed by atoms with Crippen molar-refractivity contribution in [1.82, 2.24) is 0 Å². The molecule has 0 aliphatic carbocycles. The third-order valence-corrected chi connectivity index (χ3v) is 5.83. The van der Waals surface area contributed by atoms with E-state index in [2.05, 4.69) is 5.32 Å². The molecule has 0 bridgehead atoms. The van der Waals surface area contributed by atoms with Gasteiger partial charge in [0, 0.05) is 27.7 Å². The number of phenolic OH excluding ortho intramolecular Hbond substituents is 1. The van der Waals surface area contributed by atoms with Gasteiger partial charge >= 0.3 is 0 Å². The fourth-order valence-electron chi connectivity index (χ4n) is 2.89. The molecule has 0 saturated carbocycles. The normalized spacial score (nSPS) is 12.5. The second-order valence-corrected chi connectivity index (χ2v) is 8.59. The third kappa shape index (κ3) is 4.94. The van der Waals surface area contributed by atoms with Crippen LogP contribution < -0.4 is 9.62 Å². The van der Waals surface area contributed by atoms with Crippen molar-refractivity contribution in [3.8, 4) is 5.75 Å². The number of nitrogens with zero attached hydrogens (tertiary/aromatic N) is 1. The lowest BCUT2D eigenvalue weighted by Gasteiger charge is -2.26. The van der Waals surface area contributed by atoms with Crippen LogP contribution in [0.25, 0.3) is 10.8 Å². The number of carbonyl (C=O) groups excluding carboxylic acids is 1. The number of benzene rings is 3. The van der Waals surface area contributed by atoms with E-state index in [1.165, 1.54) is 12.1 Å². The highest BCUT2D eigenvalue weighted by atomic mass is 32.2. The summed E-state index contributed by atoms with van der Waals surface area (Å²) in [7, 11) is -4.53. The van der Waals surface area contributed by atoms with Gasteiger partial charge in [0.15, 0.2) is 5.78 Å². The fourth-order valence-corrected chi connectivity index (χ4v) is 3.94. The maximum Gasteiger partial charge on any atom is 0.294 e. The van der Waals surface area contributed by atoms with Crippen LogP contribution in [-0.2, 0) is 26.2 Å². The van der Waals surface area contributed by atoms with Gasteiger partial charge in [0.25, 0.3) is 10.1 Å². The molecule has 0 aromatic heterocycles. The number of ketones is 1. The van der Waals surface area contributed by atoms with Crippen LogP contribution in [-0.4, -0.2) is 45.7 Å². The van der Waals surface area contributed by atoms with Gasteiger partial charge in [-0.1, -0.05) is 30.3 Å². The molecule has 3 aromatic carbocycles. The summed E-state index contributed by atoms with van der Waals surface area (Å²) in [5.74, 6) is -0.400. The number of phenols is 1. The van der Waals surface area contributed by atoms with E-state index in [1.807, 2.05) is 0 Å². The zero-order chi connectivity index (χ0) is 21.9. The SMILES string of the molecule is O=C(CNc1cccc2c(O)cccc12)CN(c1cccc(S(=O)(=O)O)c1)S(=O)[O-]. The molecule has 3 rings (SSSR count). The molecule has 3 N–H and O–H groups in total. The van der Waals surface area contributed by atoms with Gasteiger partial charge in [0.1, 0.15) is 5.75 Å². The maximum absolute atomic E-state index is 12.4. The molecule has 0 radical (unpaired) electrons. The van der Waals surface area contributed by atoms with Gasteiger partial charge in [0.2, 0.25) is 0 Å².